The summed E-state index contributed by atoms with van der Waals surface area (Å²) in [5.41, 5.74) is -1.65. The molecule has 0 aliphatic carbocycles. The maximum atomic E-state index is 13.9. The molecular weight excluding hydrogens is 556 g/mol. The van der Waals surface area contributed by atoms with Gasteiger partial charge in [0.05, 0.1) is 38.0 Å². The smallest absolute Gasteiger partial charge is 0.395 e. The van der Waals surface area contributed by atoms with Gasteiger partial charge >= 0.3 is 13.4 Å². The minimum absolute atomic E-state index is 0.109. The lowest BCUT2D eigenvalue weighted by Gasteiger charge is -2.23. The molecule has 4 N–H and O–H groups in total. The molecule has 0 spiro atoms. The van der Waals surface area contributed by atoms with Crippen LogP contribution in [0, 0.1) is 11.3 Å². The van der Waals surface area contributed by atoms with Crippen molar-refractivity contribution in [3.63, 3.8) is 0 Å². The maximum Gasteiger partial charge on any atom is 0.405 e. The van der Waals surface area contributed by atoms with Crippen LogP contribution in [0.4, 0.5) is 4.39 Å². The number of carbonyl (C=O) groups is 1. The third-order valence-electron chi connectivity index (χ3n) is 6.08. The van der Waals surface area contributed by atoms with Gasteiger partial charge in [0.25, 0.3) is 5.56 Å². The number of thioether (sulfide) groups is 1. The van der Waals surface area contributed by atoms with Crippen LogP contribution in [-0.2, 0) is 29.7 Å². The van der Waals surface area contributed by atoms with E-state index in [9.17, 15) is 33.6 Å². The Labute approximate surface area is 228 Å². The number of ether oxygens (including phenoxy) is 1. The van der Waals surface area contributed by atoms with Gasteiger partial charge in [0.1, 0.15) is 6.10 Å². The lowest BCUT2D eigenvalue weighted by Crippen LogP contribution is -2.36. The lowest BCUT2D eigenvalue weighted by atomic mass is 9.97. The Morgan fingerprint density at radius 3 is 2.62 bits per heavy atom. The van der Waals surface area contributed by atoms with E-state index < -0.39 is 62.0 Å². The molecule has 1 aromatic heterocycles. The number of benzene rings is 1. The van der Waals surface area contributed by atoms with Crippen molar-refractivity contribution in [1.82, 2.24) is 14.6 Å². The Bertz CT molecular complexity index is 1260. The number of carbonyl (C=O) groups excluding carboxylic acids is 1. The van der Waals surface area contributed by atoms with Gasteiger partial charge in [0.15, 0.2) is 11.3 Å². The molecule has 0 amide bonds. The van der Waals surface area contributed by atoms with E-state index in [1.54, 1.807) is 38.1 Å². The van der Waals surface area contributed by atoms with Gasteiger partial charge in [0.2, 0.25) is 0 Å². The first-order valence-electron chi connectivity index (χ1n) is 12.2. The highest BCUT2D eigenvalue weighted by atomic mass is 32.2. The van der Waals surface area contributed by atoms with Crippen LogP contribution in [0.3, 0.4) is 0 Å². The molecular formula is C24H33FN3O9PS. The largest absolute Gasteiger partial charge is 0.405 e. The molecule has 15 heteroatoms. The molecule has 12 nitrogen and oxygen atoms in total. The monoisotopic (exact) mass is 589 g/mol. The number of alkyl halides is 1. The van der Waals surface area contributed by atoms with Crippen LogP contribution in [0.2, 0.25) is 0 Å². The Morgan fingerprint density at radius 1 is 1.26 bits per heavy atom. The molecule has 0 saturated carbocycles. The fourth-order valence-electron chi connectivity index (χ4n) is 3.64. The number of aliphatic hydroxyl groups is 2. The van der Waals surface area contributed by atoms with Crippen LogP contribution in [0.25, 0.3) is 0 Å². The van der Waals surface area contributed by atoms with Crippen LogP contribution in [0.5, 0.6) is 0 Å². The molecule has 1 aliphatic heterocycles. The fourth-order valence-corrected chi connectivity index (χ4v) is 5.88. The van der Waals surface area contributed by atoms with E-state index in [1.807, 2.05) is 11.1 Å². The second-order valence-electron chi connectivity index (χ2n) is 9.52. The minimum atomic E-state index is -4.03. The first-order chi connectivity index (χ1) is 18.5. The van der Waals surface area contributed by atoms with Crippen molar-refractivity contribution >= 4 is 24.6 Å². The maximum absolute atomic E-state index is 13.9. The molecule has 0 bridgehead atoms. The Kier molecular flexibility index (Phi) is 11.2. The summed E-state index contributed by atoms with van der Waals surface area (Å²) in [4.78, 5) is 37.8. The minimum Gasteiger partial charge on any atom is -0.395 e. The molecule has 2 aromatic rings. The predicted octanol–water partition coefficient (Wildman–Crippen LogP) is 1.59. The van der Waals surface area contributed by atoms with Crippen molar-refractivity contribution in [2.45, 2.75) is 38.8 Å². The third-order valence-corrected chi connectivity index (χ3v) is 8.82. The molecule has 1 saturated heterocycles. The molecule has 1 fully saturated rings. The fraction of sp³-hybridized carbons (Fsp3) is 0.542. The van der Waals surface area contributed by atoms with E-state index in [-0.39, 0.29) is 30.6 Å². The highest BCUT2D eigenvalue weighted by Crippen LogP contribution is 2.46. The highest BCUT2D eigenvalue weighted by Gasteiger charge is 2.46. The molecule has 1 aliphatic rings. The van der Waals surface area contributed by atoms with Crippen molar-refractivity contribution in [2.24, 2.45) is 11.3 Å². The number of hydrogen-bond donors (Lipinski definition) is 4. The summed E-state index contributed by atoms with van der Waals surface area (Å²) in [6.07, 6.45) is -2.74. The second kappa shape index (κ2) is 14.0. The van der Waals surface area contributed by atoms with Crippen LogP contribution in [0.15, 0.2) is 52.2 Å². The number of nitrogens with one attached hydrogen (secondary N) is 2. The van der Waals surface area contributed by atoms with E-state index in [2.05, 4.69) is 5.09 Å². The van der Waals surface area contributed by atoms with Crippen LogP contribution in [-0.4, -0.2) is 69.3 Å². The average Bonchev–Trinajstić information content (AvgIpc) is 3.24. The molecule has 3 rings (SSSR count). The number of rotatable bonds is 14. The summed E-state index contributed by atoms with van der Waals surface area (Å²) in [7, 11) is -4.03. The number of hydrogen-bond acceptors (Lipinski definition) is 10. The van der Waals surface area contributed by atoms with Gasteiger partial charge in [-0.3, -0.25) is 32.6 Å². The summed E-state index contributed by atoms with van der Waals surface area (Å²) >= 11 is 0.918. The molecule has 2 heterocycles. The van der Waals surface area contributed by atoms with Crippen molar-refractivity contribution < 1.29 is 37.7 Å². The van der Waals surface area contributed by atoms with Crippen LogP contribution >= 0.6 is 19.5 Å². The molecule has 1 aromatic carbocycles. The SMILES string of the molecule is CC(C)(CO)C(=O)SCCO[P@](=O)(NCc1ccccc1)OC[C@H]1O[C@@H](n2ccc(=O)[nH]c2=O)[C@H](O)[C@@H]1CF. The van der Waals surface area contributed by atoms with Crippen molar-refractivity contribution in [3.8, 4) is 0 Å². The summed E-state index contributed by atoms with van der Waals surface area (Å²) in [6.45, 7) is 1.36. The first kappa shape index (κ1) is 31.4. The lowest BCUT2D eigenvalue weighted by molar-refractivity contribution is -0.119. The molecule has 0 unspecified atom stereocenters. The Hall–Kier alpha value is -2.16. The van der Waals surface area contributed by atoms with Gasteiger partial charge in [-0.25, -0.2) is 14.4 Å². The number of H-pyrrole nitrogens is 1. The quantitative estimate of drug-likeness (QED) is 0.186. The molecule has 5 atom stereocenters. The van der Waals surface area contributed by atoms with Gasteiger partial charge in [-0.2, -0.15) is 0 Å². The number of aromatic amines is 1. The predicted molar refractivity (Wildman–Crippen MR) is 142 cm³/mol. The normalized spacial score (nSPS) is 23.0. The van der Waals surface area contributed by atoms with Crippen molar-refractivity contribution in [1.29, 1.82) is 0 Å². The molecule has 39 heavy (non-hydrogen) atoms. The standard InChI is InChI=1S/C24H33FN3O9PS/c1-24(2,15-29)22(32)39-11-10-35-38(34,26-13-16-6-4-3-5-7-16)36-14-18-17(12-25)20(31)21(37-18)28-9-8-19(30)27-23(28)33/h3-9,17-18,20-21,29,31H,10-15H2,1-2H3,(H,26,34)(H,27,30,33)/t17-,18-,20-,21-,38-/m1/s1. The van der Waals surface area contributed by atoms with Crippen molar-refractivity contribution in [3.05, 3.63) is 69.0 Å². The zero-order valence-electron chi connectivity index (χ0n) is 21.5. The third kappa shape index (κ3) is 8.41. The number of halogens is 1. The molecule has 0 radical (unpaired) electrons. The topological polar surface area (TPSA) is 169 Å². The number of aromatic nitrogens is 2. The van der Waals surface area contributed by atoms with Gasteiger partial charge in [-0.1, -0.05) is 42.1 Å². The molecule has 216 valence electrons. The van der Waals surface area contributed by atoms with Gasteiger partial charge in [-0.05, 0) is 19.4 Å². The average molecular weight is 590 g/mol. The number of nitrogens with zero attached hydrogens (tertiary/aromatic N) is 1. The Morgan fingerprint density at radius 2 is 1.97 bits per heavy atom. The zero-order chi connectivity index (χ0) is 28.6. The summed E-state index contributed by atoms with van der Waals surface area (Å²) in [5, 5.41) is 22.4. The van der Waals surface area contributed by atoms with Gasteiger partial charge in [0, 0.05) is 30.5 Å². The van der Waals surface area contributed by atoms with Crippen LogP contribution in [0.1, 0.15) is 25.6 Å². The summed E-state index contributed by atoms with van der Waals surface area (Å²) in [5.74, 6) is -0.990. The van der Waals surface area contributed by atoms with E-state index in [4.69, 9.17) is 13.8 Å². The number of aliphatic hydroxyl groups excluding tert-OH is 2. The first-order valence-corrected chi connectivity index (χ1v) is 14.7. The van der Waals surface area contributed by atoms with E-state index in [1.165, 1.54) is 0 Å². The Balaban J connectivity index is 1.68. The summed E-state index contributed by atoms with van der Waals surface area (Å²) in [6, 6.07) is 10.1. The van der Waals surface area contributed by atoms with Crippen molar-refractivity contribution in [2.75, 3.05) is 32.2 Å². The zero-order valence-corrected chi connectivity index (χ0v) is 23.2. The second-order valence-corrected chi connectivity index (χ2v) is 12.4. The highest BCUT2D eigenvalue weighted by molar-refractivity contribution is 8.13. The summed E-state index contributed by atoms with van der Waals surface area (Å²) < 4.78 is 45.2. The van der Waals surface area contributed by atoms with E-state index in [0.29, 0.717) is 0 Å². The van der Waals surface area contributed by atoms with Gasteiger partial charge in [-0.15, -0.1) is 0 Å². The van der Waals surface area contributed by atoms with E-state index >= 15 is 0 Å². The van der Waals surface area contributed by atoms with Crippen LogP contribution < -0.4 is 16.3 Å². The van der Waals surface area contributed by atoms with Gasteiger partial charge < -0.3 is 14.9 Å². The van der Waals surface area contributed by atoms with E-state index in [0.717, 1.165) is 34.2 Å².